The van der Waals surface area contributed by atoms with Crippen LogP contribution < -0.4 is 11.1 Å². The maximum atomic E-state index is 10.9. The average Bonchev–Trinajstić information content (AvgIpc) is 2.18. The summed E-state index contributed by atoms with van der Waals surface area (Å²) in [5, 5.41) is 12.1. The summed E-state index contributed by atoms with van der Waals surface area (Å²) in [7, 11) is 0. The van der Waals surface area contributed by atoms with Crippen LogP contribution in [0.2, 0.25) is 0 Å². The molecule has 0 amide bonds. The summed E-state index contributed by atoms with van der Waals surface area (Å²) < 4.78 is 5.36. The van der Waals surface area contributed by atoms with Gasteiger partial charge < -0.3 is 20.9 Å². The summed E-state index contributed by atoms with van der Waals surface area (Å²) in [5.41, 5.74) is 7.22. The first-order valence-corrected chi connectivity index (χ1v) is 5.59. The van der Waals surface area contributed by atoms with E-state index in [0.29, 0.717) is 11.4 Å². The number of rotatable bonds is 4. The fourth-order valence-electron chi connectivity index (χ4n) is 1.80. The number of carbonyl (C=O) groups is 1. The fraction of sp³-hybridized carbons (Fsp3) is 0.417. The number of hydrogen-bond acceptors (Lipinski definition) is 4. The van der Waals surface area contributed by atoms with Gasteiger partial charge in [0, 0.05) is 12.6 Å². The molecule has 1 saturated heterocycles. The third-order valence-electron chi connectivity index (χ3n) is 2.98. The highest BCUT2D eigenvalue weighted by molar-refractivity contribution is 5.90. The Morgan fingerprint density at radius 2 is 2.35 bits per heavy atom. The molecule has 17 heavy (non-hydrogen) atoms. The molecule has 1 aromatic rings. The van der Waals surface area contributed by atoms with E-state index in [9.17, 15) is 4.79 Å². The van der Waals surface area contributed by atoms with Gasteiger partial charge in [-0.05, 0) is 31.5 Å². The molecule has 1 aliphatic heterocycles. The monoisotopic (exact) mass is 236 g/mol. The number of aromatic carboxylic acids is 1. The minimum absolute atomic E-state index is 0.120. The number of ether oxygens (including phenoxy) is 1. The van der Waals surface area contributed by atoms with Gasteiger partial charge in [0.2, 0.25) is 0 Å². The van der Waals surface area contributed by atoms with Crippen LogP contribution in [0.15, 0.2) is 18.2 Å². The predicted octanol–water partition coefficient (Wildman–Crippen LogP) is 1.56. The summed E-state index contributed by atoms with van der Waals surface area (Å²) in [6.45, 7) is 2.79. The van der Waals surface area contributed by atoms with Crippen molar-refractivity contribution in [2.45, 2.75) is 25.5 Å². The Morgan fingerprint density at radius 1 is 1.65 bits per heavy atom. The molecule has 0 bridgehead atoms. The van der Waals surface area contributed by atoms with Gasteiger partial charge in [0.25, 0.3) is 0 Å². The van der Waals surface area contributed by atoms with E-state index in [2.05, 4.69) is 5.32 Å². The molecule has 1 unspecified atom stereocenters. The lowest BCUT2D eigenvalue weighted by Gasteiger charge is -2.33. The standard InChI is InChI=1S/C12H16N2O3/c1-7(11-4-5-17-11)14-10-6-8(12(15)16)2-3-9(10)13/h2-3,6-7,11,14H,4-5,13H2,1H3,(H,15,16)/t7-,11?/m0/s1. The SMILES string of the molecule is C[C@H](Nc1cc(C(=O)O)ccc1N)C1CCO1. The van der Waals surface area contributed by atoms with Crippen LogP contribution in [0.3, 0.4) is 0 Å². The van der Waals surface area contributed by atoms with Crippen LogP contribution in [0.1, 0.15) is 23.7 Å². The van der Waals surface area contributed by atoms with Gasteiger partial charge in [-0.2, -0.15) is 0 Å². The Kier molecular flexibility index (Phi) is 3.19. The highest BCUT2D eigenvalue weighted by atomic mass is 16.5. The number of nitrogen functional groups attached to an aromatic ring is 1. The van der Waals surface area contributed by atoms with Crippen molar-refractivity contribution in [1.82, 2.24) is 0 Å². The Hall–Kier alpha value is -1.75. The molecule has 1 heterocycles. The zero-order valence-electron chi connectivity index (χ0n) is 9.64. The molecule has 2 atom stereocenters. The van der Waals surface area contributed by atoms with Crippen molar-refractivity contribution in [3.63, 3.8) is 0 Å². The lowest BCUT2D eigenvalue weighted by Crippen LogP contribution is -2.41. The van der Waals surface area contributed by atoms with E-state index >= 15 is 0 Å². The molecular formula is C12H16N2O3. The zero-order valence-corrected chi connectivity index (χ0v) is 9.64. The Bertz CT molecular complexity index is 430. The van der Waals surface area contributed by atoms with Crippen LogP contribution in [-0.2, 0) is 4.74 Å². The van der Waals surface area contributed by atoms with Gasteiger partial charge >= 0.3 is 5.97 Å². The molecule has 1 fully saturated rings. The second-order valence-electron chi connectivity index (χ2n) is 4.24. The first kappa shape index (κ1) is 11.7. The molecule has 0 radical (unpaired) electrons. The van der Waals surface area contributed by atoms with E-state index in [1.807, 2.05) is 6.92 Å². The van der Waals surface area contributed by atoms with Gasteiger partial charge in [0.05, 0.1) is 23.0 Å². The van der Waals surface area contributed by atoms with Crippen molar-refractivity contribution in [1.29, 1.82) is 0 Å². The van der Waals surface area contributed by atoms with Crippen LogP contribution in [0.4, 0.5) is 11.4 Å². The van der Waals surface area contributed by atoms with E-state index in [0.717, 1.165) is 13.0 Å². The molecule has 1 aliphatic rings. The fourth-order valence-corrected chi connectivity index (χ4v) is 1.80. The molecule has 5 nitrogen and oxygen atoms in total. The summed E-state index contributed by atoms with van der Waals surface area (Å²) in [4.78, 5) is 10.9. The first-order valence-electron chi connectivity index (χ1n) is 5.59. The second-order valence-corrected chi connectivity index (χ2v) is 4.24. The highest BCUT2D eigenvalue weighted by Gasteiger charge is 2.25. The molecule has 92 valence electrons. The van der Waals surface area contributed by atoms with Crippen LogP contribution in [0, 0.1) is 0 Å². The van der Waals surface area contributed by atoms with Crippen molar-refractivity contribution >= 4 is 17.3 Å². The Balaban J connectivity index is 2.13. The van der Waals surface area contributed by atoms with E-state index in [4.69, 9.17) is 15.6 Å². The summed E-state index contributed by atoms with van der Waals surface area (Å²) in [6.07, 6.45) is 1.20. The van der Waals surface area contributed by atoms with Crippen molar-refractivity contribution in [2.75, 3.05) is 17.7 Å². The van der Waals surface area contributed by atoms with Crippen LogP contribution in [0.5, 0.6) is 0 Å². The van der Waals surface area contributed by atoms with Gasteiger partial charge in [-0.3, -0.25) is 0 Å². The average molecular weight is 236 g/mol. The quantitative estimate of drug-likeness (QED) is 0.691. The number of anilines is 2. The van der Waals surface area contributed by atoms with E-state index in [-0.39, 0.29) is 17.7 Å². The van der Waals surface area contributed by atoms with Crippen molar-refractivity contribution < 1.29 is 14.6 Å². The molecule has 2 rings (SSSR count). The van der Waals surface area contributed by atoms with Crippen molar-refractivity contribution in [3.05, 3.63) is 23.8 Å². The lowest BCUT2D eigenvalue weighted by atomic mass is 10.0. The minimum atomic E-state index is -0.958. The van der Waals surface area contributed by atoms with Gasteiger partial charge in [0.15, 0.2) is 0 Å². The van der Waals surface area contributed by atoms with Gasteiger partial charge in [-0.15, -0.1) is 0 Å². The summed E-state index contributed by atoms with van der Waals surface area (Å²) >= 11 is 0. The maximum absolute atomic E-state index is 10.9. The van der Waals surface area contributed by atoms with Gasteiger partial charge in [0.1, 0.15) is 0 Å². The van der Waals surface area contributed by atoms with E-state index < -0.39 is 5.97 Å². The van der Waals surface area contributed by atoms with E-state index in [1.165, 1.54) is 6.07 Å². The normalized spacial score (nSPS) is 20.4. The molecule has 0 spiro atoms. The van der Waals surface area contributed by atoms with Gasteiger partial charge in [-0.25, -0.2) is 4.79 Å². The minimum Gasteiger partial charge on any atom is -0.478 e. The molecule has 0 aliphatic carbocycles. The van der Waals surface area contributed by atoms with Crippen LogP contribution in [0.25, 0.3) is 0 Å². The lowest BCUT2D eigenvalue weighted by molar-refractivity contribution is -0.0575. The van der Waals surface area contributed by atoms with E-state index in [1.54, 1.807) is 12.1 Å². The largest absolute Gasteiger partial charge is 0.478 e. The topological polar surface area (TPSA) is 84.6 Å². The molecule has 0 aromatic heterocycles. The van der Waals surface area contributed by atoms with Gasteiger partial charge in [-0.1, -0.05) is 0 Å². The third kappa shape index (κ3) is 2.50. The number of carboxylic acids is 1. The molecule has 0 saturated carbocycles. The van der Waals surface area contributed by atoms with Crippen LogP contribution in [-0.4, -0.2) is 29.8 Å². The van der Waals surface area contributed by atoms with Crippen molar-refractivity contribution in [2.24, 2.45) is 0 Å². The molecule has 4 N–H and O–H groups in total. The Labute approximate surface area is 99.6 Å². The highest BCUT2D eigenvalue weighted by Crippen LogP contribution is 2.24. The number of nitrogens with one attached hydrogen (secondary N) is 1. The number of nitrogens with two attached hydrogens (primary N) is 1. The predicted molar refractivity (Wildman–Crippen MR) is 65.3 cm³/mol. The molecule has 5 heteroatoms. The van der Waals surface area contributed by atoms with Crippen molar-refractivity contribution in [3.8, 4) is 0 Å². The number of carboxylic acid groups (broad SMARTS) is 1. The summed E-state index contributed by atoms with van der Waals surface area (Å²) in [6, 6.07) is 4.76. The molecular weight excluding hydrogens is 220 g/mol. The third-order valence-corrected chi connectivity index (χ3v) is 2.98. The smallest absolute Gasteiger partial charge is 0.335 e. The summed E-state index contributed by atoms with van der Waals surface area (Å²) in [5.74, 6) is -0.958. The Morgan fingerprint density at radius 3 is 2.88 bits per heavy atom. The zero-order chi connectivity index (χ0) is 12.4. The molecule has 1 aromatic carbocycles. The number of benzene rings is 1. The number of hydrogen-bond donors (Lipinski definition) is 3. The van der Waals surface area contributed by atoms with Crippen LogP contribution >= 0.6 is 0 Å². The first-order chi connectivity index (χ1) is 8.08. The maximum Gasteiger partial charge on any atom is 0.335 e. The second kappa shape index (κ2) is 4.63.